The normalized spacial score (nSPS) is 11.6. The molecule has 0 aliphatic rings. The van der Waals surface area contributed by atoms with Crippen molar-refractivity contribution in [3.8, 4) is 0 Å². The van der Waals surface area contributed by atoms with Crippen LogP contribution in [-0.4, -0.2) is 23.7 Å². The molecule has 2 rings (SSSR count). The summed E-state index contributed by atoms with van der Waals surface area (Å²) >= 11 is 1.62. The minimum Gasteiger partial charge on any atom is -0.479 e. The van der Waals surface area contributed by atoms with Gasteiger partial charge in [0.25, 0.3) is 0 Å². The van der Waals surface area contributed by atoms with Gasteiger partial charge in [-0.1, -0.05) is 36.4 Å². The van der Waals surface area contributed by atoms with Gasteiger partial charge in [0, 0.05) is 11.4 Å². The van der Waals surface area contributed by atoms with Crippen molar-refractivity contribution in [1.82, 2.24) is 10.6 Å². The summed E-state index contributed by atoms with van der Waals surface area (Å²) in [6.07, 6.45) is 0.730. The summed E-state index contributed by atoms with van der Waals surface area (Å²) in [5, 5.41) is 16.3. The number of aliphatic carboxylic acids is 1. The Morgan fingerprint density at radius 2 is 1.90 bits per heavy atom. The van der Waals surface area contributed by atoms with E-state index in [1.54, 1.807) is 41.7 Å². The summed E-state index contributed by atoms with van der Waals surface area (Å²) in [4.78, 5) is 24.2. The van der Waals surface area contributed by atoms with Crippen molar-refractivity contribution in [2.24, 2.45) is 0 Å². The van der Waals surface area contributed by atoms with Crippen molar-refractivity contribution in [3.63, 3.8) is 0 Å². The van der Waals surface area contributed by atoms with Crippen molar-refractivity contribution in [1.29, 1.82) is 0 Å². The Morgan fingerprint density at radius 1 is 1.14 bits per heavy atom. The molecule has 1 atom stereocenters. The zero-order valence-corrected chi connectivity index (χ0v) is 12.1. The molecule has 1 heterocycles. The number of carboxylic acid groups (broad SMARTS) is 1. The Balaban J connectivity index is 1.85. The lowest BCUT2D eigenvalue weighted by atomic mass is 10.1. The van der Waals surface area contributed by atoms with Crippen molar-refractivity contribution < 1.29 is 14.7 Å². The van der Waals surface area contributed by atoms with Gasteiger partial charge in [-0.05, 0) is 23.4 Å². The van der Waals surface area contributed by atoms with Crippen LogP contribution in [0, 0.1) is 0 Å². The summed E-state index contributed by atoms with van der Waals surface area (Å²) in [7, 11) is 0. The molecule has 3 N–H and O–H groups in total. The topological polar surface area (TPSA) is 78.4 Å². The fraction of sp³-hybridized carbons (Fsp3) is 0.200. The molecule has 0 fully saturated rings. The van der Waals surface area contributed by atoms with Gasteiger partial charge in [-0.15, -0.1) is 11.3 Å². The van der Waals surface area contributed by atoms with E-state index in [0.29, 0.717) is 12.1 Å². The lowest BCUT2D eigenvalue weighted by Gasteiger charge is -2.15. The molecular formula is C15H16N2O3S. The Labute approximate surface area is 126 Å². The van der Waals surface area contributed by atoms with E-state index in [9.17, 15) is 14.7 Å². The lowest BCUT2D eigenvalue weighted by Crippen LogP contribution is -2.41. The number of hydrogen-bond donors (Lipinski definition) is 3. The van der Waals surface area contributed by atoms with Crippen molar-refractivity contribution in [2.45, 2.75) is 12.5 Å². The standard InChI is InChI=1S/C15H16N2O3S/c18-14(19)13(11-5-2-1-3-6-11)17-15(20)16-9-8-12-7-4-10-21-12/h1-7,10,13H,8-9H2,(H,18,19)(H2,16,17,20)/t13-/m0/s1. The van der Waals surface area contributed by atoms with Gasteiger partial charge < -0.3 is 15.7 Å². The highest BCUT2D eigenvalue weighted by Gasteiger charge is 2.21. The number of carboxylic acids is 1. The molecule has 21 heavy (non-hydrogen) atoms. The monoisotopic (exact) mass is 304 g/mol. The summed E-state index contributed by atoms with van der Waals surface area (Å²) in [5.41, 5.74) is 0.540. The number of nitrogens with one attached hydrogen (secondary N) is 2. The molecule has 0 spiro atoms. The van der Waals surface area contributed by atoms with E-state index in [1.807, 2.05) is 17.5 Å². The predicted octanol–water partition coefficient (Wildman–Crippen LogP) is 2.42. The number of hydrogen-bond acceptors (Lipinski definition) is 3. The van der Waals surface area contributed by atoms with Crippen LogP contribution in [0.15, 0.2) is 47.8 Å². The first kappa shape index (κ1) is 15.1. The molecule has 0 unspecified atom stereocenters. The number of rotatable bonds is 6. The molecule has 0 aliphatic heterocycles. The summed E-state index contributed by atoms with van der Waals surface area (Å²) in [6.45, 7) is 0.466. The molecule has 0 bridgehead atoms. The number of benzene rings is 1. The molecule has 0 radical (unpaired) electrons. The molecule has 0 saturated heterocycles. The first-order valence-electron chi connectivity index (χ1n) is 6.51. The van der Waals surface area contributed by atoms with Crippen LogP contribution in [0.5, 0.6) is 0 Å². The van der Waals surface area contributed by atoms with Crippen LogP contribution in [0.1, 0.15) is 16.5 Å². The van der Waals surface area contributed by atoms with Gasteiger partial charge in [0.1, 0.15) is 0 Å². The first-order chi connectivity index (χ1) is 10.2. The quantitative estimate of drug-likeness (QED) is 0.767. The van der Waals surface area contributed by atoms with Gasteiger partial charge in [-0.25, -0.2) is 9.59 Å². The predicted molar refractivity (Wildman–Crippen MR) is 81.4 cm³/mol. The average Bonchev–Trinajstić information content (AvgIpc) is 2.98. The molecule has 0 aliphatic carbocycles. The second-order valence-electron chi connectivity index (χ2n) is 4.41. The Kier molecular flexibility index (Phi) is 5.34. The molecule has 5 nitrogen and oxygen atoms in total. The zero-order chi connectivity index (χ0) is 15.1. The van der Waals surface area contributed by atoms with E-state index in [1.165, 1.54) is 4.88 Å². The Morgan fingerprint density at radius 3 is 2.52 bits per heavy atom. The fourth-order valence-corrected chi connectivity index (χ4v) is 2.58. The van der Waals surface area contributed by atoms with Crippen molar-refractivity contribution in [3.05, 3.63) is 58.3 Å². The molecule has 6 heteroatoms. The summed E-state index contributed by atoms with van der Waals surface area (Å²) < 4.78 is 0. The van der Waals surface area contributed by atoms with Gasteiger partial charge in [0.15, 0.2) is 6.04 Å². The van der Waals surface area contributed by atoms with Gasteiger partial charge in [-0.3, -0.25) is 0 Å². The van der Waals surface area contributed by atoms with Gasteiger partial charge >= 0.3 is 12.0 Å². The third-order valence-corrected chi connectivity index (χ3v) is 3.83. The van der Waals surface area contributed by atoms with Crippen LogP contribution in [0.3, 0.4) is 0 Å². The number of thiophene rings is 1. The smallest absolute Gasteiger partial charge is 0.330 e. The van der Waals surface area contributed by atoms with Gasteiger partial charge in [-0.2, -0.15) is 0 Å². The highest BCUT2D eigenvalue weighted by Crippen LogP contribution is 2.12. The van der Waals surface area contributed by atoms with Crippen LogP contribution in [0.2, 0.25) is 0 Å². The van der Waals surface area contributed by atoms with E-state index in [0.717, 1.165) is 6.42 Å². The van der Waals surface area contributed by atoms with Crippen LogP contribution >= 0.6 is 11.3 Å². The molecular weight excluding hydrogens is 288 g/mol. The van der Waals surface area contributed by atoms with Crippen molar-refractivity contribution >= 4 is 23.3 Å². The van der Waals surface area contributed by atoms with Crippen molar-refractivity contribution in [2.75, 3.05) is 6.54 Å². The largest absolute Gasteiger partial charge is 0.479 e. The van der Waals surface area contributed by atoms with Crippen LogP contribution in [0.4, 0.5) is 4.79 Å². The van der Waals surface area contributed by atoms with E-state index in [2.05, 4.69) is 10.6 Å². The molecule has 2 aromatic rings. The molecule has 110 valence electrons. The number of urea groups is 1. The number of amides is 2. The molecule has 0 saturated carbocycles. The van der Waals surface area contributed by atoms with E-state index >= 15 is 0 Å². The SMILES string of the molecule is O=C(NCCc1cccs1)N[C@H](C(=O)O)c1ccccc1. The number of carbonyl (C=O) groups excluding carboxylic acids is 1. The highest BCUT2D eigenvalue weighted by molar-refractivity contribution is 7.09. The maximum Gasteiger partial charge on any atom is 0.330 e. The average molecular weight is 304 g/mol. The Hall–Kier alpha value is -2.34. The van der Waals surface area contributed by atoms with E-state index in [-0.39, 0.29) is 0 Å². The fourth-order valence-electron chi connectivity index (χ4n) is 1.87. The van der Waals surface area contributed by atoms with Gasteiger partial charge in [0.2, 0.25) is 0 Å². The third kappa shape index (κ3) is 4.61. The third-order valence-electron chi connectivity index (χ3n) is 2.89. The molecule has 1 aromatic heterocycles. The highest BCUT2D eigenvalue weighted by atomic mass is 32.1. The maximum atomic E-state index is 11.8. The Bertz CT molecular complexity index is 584. The zero-order valence-electron chi connectivity index (χ0n) is 11.3. The van der Waals surface area contributed by atoms with E-state index in [4.69, 9.17) is 0 Å². The van der Waals surface area contributed by atoms with E-state index < -0.39 is 18.0 Å². The summed E-state index contributed by atoms with van der Waals surface area (Å²) in [6, 6.07) is 11.0. The first-order valence-corrected chi connectivity index (χ1v) is 7.39. The van der Waals surface area contributed by atoms with Crippen LogP contribution < -0.4 is 10.6 Å². The number of carbonyl (C=O) groups is 2. The van der Waals surface area contributed by atoms with Crippen LogP contribution in [-0.2, 0) is 11.2 Å². The molecule has 1 aromatic carbocycles. The minimum absolute atomic E-state index is 0.466. The second-order valence-corrected chi connectivity index (χ2v) is 5.44. The second kappa shape index (κ2) is 7.44. The summed E-state index contributed by atoms with van der Waals surface area (Å²) in [5.74, 6) is -1.09. The van der Waals surface area contributed by atoms with Crippen LogP contribution in [0.25, 0.3) is 0 Å². The molecule has 2 amide bonds. The lowest BCUT2D eigenvalue weighted by molar-refractivity contribution is -0.139. The maximum absolute atomic E-state index is 11.8. The minimum atomic E-state index is -1.09. The van der Waals surface area contributed by atoms with Gasteiger partial charge in [0.05, 0.1) is 0 Å².